The van der Waals surface area contributed by atoms with Gasteiger partial charge in [0.15, 0.2) is 0 Å². The average Bonchev–Trinajstić information content (AvgIpc) is 3.14. The number of carbonyl (C=O) groups excluding carboxylic acids is 1. The monoisotopic (exact) mass is 362 g/mol. The normalized spacial score (nSPS) is 22.7. The van der Waals surface area contributed by atoms with Crippen LogP contribution in [0.1, 0.15) is 18.5 Å². The molecule has 2 aliphatic heterocycles. The van der Waals surface area contributed by atoms with Gasteiger partial charge in [0.05, 0.1) is 12.1 Å². The lowest BCUT2D eigenvalue weighted by molar-refractivity contribution is -0.293. The lowest BCUT2D eigenvalue weighted by atomic mass is 9.88. The van der Waals surface area contributed by atoms with E-state index in [4.69, 9.17) is 4.74 Å². The van der Waals surface area contributed by atoms with Crippen LogP contribution < -0.4 is 4.90 Å². The van der Waals surface area contributed by atoms with Crippen LogP contribution in [0.4, 0.5) is 14.5 Å². The number of nitrogens with one attached hydrogen (secondary N) is 1. The van der Waals surface area contributed by atoms with Crippen molar-refractivity contribution in [1.29, 1.82) is 0 Å². The summed E-state index contributed by atoms with van der Waals surface area (Å²) < 4.78 is 33.7. The van der Waals surface area contributed by atoms with Crippen LogP contribution in [0.5, 0.6) is 0 Å². The van der Waals surface area contributed by atoms with E-state index in [0.29, 0.717) is 38.2 Å². The first-order valence-corrected chi connectivity index (χ1v) is 8.63. The number of aromatic amines is 1. The molecule has 1 amide bonds. The third-order valence-electron chi connectivity index (χ3n) is 5.07. The quantitative estimate of drug-likeness (QED) is 0.911. The molecular formula is C18H20F2N4O2. The molecule has 3 heterocycles. The zero-order valence-corrected chi connectivity index (χ0v) is 14.2. The van der Waals surface area contributed by atoms with Crippen LogP contribution in [0.25, 0.3) is 0 Å². The fourth-order valence-electron chi connectivity index (χ4n) is 3.67. The number of ether oxygens (including phenoxy) is 1. The number of H-pyrrole nitrogens is 1. The Balaban J connectivity index is 1.50. The lowest BCUT2D eigenvalue weighted by Crippen LogP contribution is -2.64. The molecule has 0 aliphatic carbocycles. The number of aromatic nitrogens is 2. The summed E-state index contributed by atoms with van der Waals surface area (Å²) in [5.41, 5.74) is 0.425. The molecule has 0 unspecified atom stereocenters. The standard InChI is InChI=1S/C18H20F2N4O2/c19-18(20)16(25)24(15-4-2-1-3-5-15)13-17(26-18)7-10-23(11-8-17)12-14-6-9-21-22-14/h1-6,9H,7-8,10-13H2,(H,21,22). The Bertz CT molecular complexity index is 759. The summed E-state index contributed by atoms with van der Waals surface area (Å²) in [6.45, 7) is 2.06. The molecule has 2 saturated heterocycles. The Morgan fingerprint density at radius 3 is 2.54 bits per heavy atom. The Morgan fingerprint density at radius 1 is 1.15 bits per heavy atom. The minimum atomic E-state index is -3.81. The third-order valence-corrected chi connectivity index (χ3v) is 5.07. The molecule has 1 spiro atoms. The van der Waals surface area contributed by atoms with Crippen LogP contribution in [-0.2, 0) is 16.1 Å². The number of para-hydroxylation sites is 1. The maximum absolute atomic E-state index is 14.3. The van der Waals surface area contributed by atoms with Crippen molar-refractivity contribution in [2.75, 3.05) is 24.5 Å². The number of rotatable bonds is 3. The van der Waals surface area contributed by atoms with Gasteiger partial charge in [-0.05, 0) is 31.0 Å². The molecule has 0 atom stereocenters. The van der Waals surface area contributed by atoms with Gasteiger partial charge in [-0.2, -0.15) is 13.9 Å². The maximum atomic E-state index is 14.3. The van der Waals surface area contributed by atoms with Crippen molar-refractivity contribution in [3.05, 3.63) is 48.3 Å². The summed E-state index contributed by atoms with van der Waals surface area (Å²) in [6, 6.07) is 10.5. The van der Waals surface area contributed by atoms with E-state index in [1.54, 1.807) is 36.5 Å². The van der Waals surface area contributed by atoms with Crippen molar-refractivity contribution >= 4 is 11.6 Å². The molecule has 0 saturated carbocycles. The van der Waals surface area contributed by atoms with E-state index in [-0.39, 0.29) is 6.54 Å². The van der Waals surface area contributed by atoms with E-state index in [1.807, 2.05) is 6.07 Å². The molecule has 0 bridgehead atoms. The Labute approximate surface area is 149 Å². The van der Waals surface area contributed by atoms with Gasteiger partial charge in [-0.1, -0.05) is 18.2 Å². The van der Waals surface area contributed by atoms with E-state index in [2.05, 4.69) is 15.1 Å². The molecule has 0 radical (unpaired) electrons. The largest absolute Gasteiger partial charge is 0.437 e. The number of nitrogens with zero attached hydrogens (tertiary/aromatic N) is 3. The highest BCUT2D eigenvalue weighted by atomic mass is 19.3. The first-order valence-electron chi connectivity index (χ1n) is 8.63. The summed E-state index contributed by atoms with van der Waals surface area (Å²) in [6.07, 6.45) is -1.24. The number of hydrogen-bond acceptors (Lipinski definition) is 4. The van der Waals surface area contributed by atoms with Crippen molar-refractivity contribution in [1.82, 2.24) is 15.1 Å². The number of alkyl halides is 2. The number of piperidine rings is 1. The molecule has 1 N–H and O–H groups in total. The van der Waals surface area contributed by atoms with Crippen LogP contribution in [0, 0.1) is 0 Å². The van der Waals surface area contributed by atoms with Gasteiger partial charge in [0, 0.05) is 37.2 Å². The van der Waals surface area contributed by atoms with Gasteiger partial charge >= 0.3 is 12.0 Å². The van der Waals surface area contributed by atoms with Gasteiger partial charge < -0.3 is 9.64 Å². The van der Waals surface area contributed by atoms with Crippen molar-refractivity contribution < 1.29 is 18.3 Å². The number of halogens is 2. The van der Waals surface area contributed by atoms with Crippen molar-refractivity contribution in [2.24, 2.45) is 0 Å². The minimum Gasteiger partial charge on any atom is -0.304 e. The predicted molar refractivity (Wildman–Crippen MR) is 90.7 cm³/mol. The fraction of sp³-hybridized carbons (Fsp3) is 0.444. The highest BCUT2D eigenvalue weighted by Gasteiger charge is 2.57. The van der Waals surface area contributed by atoms with Crippen LogP contribution in [0.15, 0.2) is 42.6 Å². The van der Waals surface area contributed by atoms with Gasteiger partial charge in [0.1, 0.15) is 0 Å². The average molecular weight is 362 g/mol. The molecule has 26 heavy (non-hydrogen) atoms. The molecule has 2 aromatic rings. The topological polar surface area (TPSA) is 61.5 Å². The van der Waals surface area contributed by atoms with E-state index < -0.39 is 17.6 Å². The highest BCUT2D eigenvalue weighted by Crippen LogP contribution is 2.40. The fourth-order valence-corrected chi connectivity index (χ4v) is 3.67. The van der Waals surface area contributed by atoms with Gasteiger partial charge in [-0.25, -0.2) is 0 Å². The number of carbonyl (C=O) groups is 1. The predicted octanol–water partition coefficient (Wildman–Crippen LogP) is 2.40. The first-order chi connectivity index (χ1) is 12.5. The Morgan fingerprint density at radius 2 is 1.88 bits per heavy atom. The summed E-state index contributed by atoms with van der Waals surface area (Å²) in [7, 11) is 0. The third kappa shape index (κ3) is 3.22. The molecule has 138 valence electrons. The lowest BCUT2D eigenvalue weighted by Gasteiger charge is -2.48. The SMILES string of the molecule is O=C1N(c2ccccc2)CC2(CCN(Cc3ccn[nH]3)CC2)OC1(F)F. The van der Waals surface area contributed by atoms with Crippen LogP contribution in [0.2, 0.25) is 0 Å². The van der Waals surface area contributed by atoms with Crippen LogP contribution >= 0.6 is 0 Å². The smallest absolute Gasteiger partial charge is 0.304 e. The summed E-state index contributed by atoms with van der Waals surface area (Å²) in [4.78, 5) is 15.5. The van der Waals surface area contributed by atoms with Gasteiger partial charge in [0.2, 0.25) is 0 Å². The molecule has 1 aromatic carbocycles. The summed E-state index contributed by atoms with van der Waals surface area (Å²) >= 11 is 0. The second-order valence-corrected chi connectivity index (χ2v) is 6.89. The second kappa shape index (κ2) is 6.44. The van der Waals surface area contributed by atoms with Crippen molar-refractivity contribution in [3.8, 4) is 0 Å². The number of amides is 1. The van der Waals surface area contributed by atoms with E-state index >= 15 is 0 Å². The Kier molecular flexibility index (Phi) is 4.24. The van der Waals surface area contributed by atoms with Gasteiger partial charge in [0.25, 0.3) is 0 Å². The van der Waals surface area contributed by atoms with Gasteiger partial charge in [-0.15, -0.1) is 0 Å². The maximum Gasteiger partial charge on any atom is 0.437 e. The van der Waals surface area contributed by atoms with Gasteiger partial charge in [-0.3, -0.25) is 14.8 Å². The first kappa shape index (κ1) is 17.1. The number of anilines is 1. The second-order valence-electron chi connectivity index (χ2n) is 6.89. The van der Waals surface area contributed by atoms with E-state index in [1.165, 1.54) is 0 Å². The van der Waals surface area contributed by atoms with Crippen LogP contribution in [0.3, 0.4) is 0 Å². The van der Waals surface area contributed by atoms with Crippen molar-refractivity contribution in [3.63, 3.8) is 0 Å². The minimum absolute atomic E-state index is 0.142. The molecule has 1 aromatic heterocycles. The zero-order valence-electron chi connectivity index (χ0n) is 14.2. The molecule has 8 heteroatoms. The number of hydrogen-bond donors (Lipinski definition) is 1. The highest BCUT2D eigenvalue weighted by molar-refractivity contribution is 5.98. The number of likely N-dealkylation sites (tertiary alicyclic amines) is 1. The molecule has 4 rings (SSSR count). The van der Waals surface area contributed by atoms with Crippen LogP contribution in [-0.4, -0.2) is 52.3 Å². The molecule has 6 nitrogen and oxygen atoms in total. The molecule has 2 fully saturated rings. The molecule has 2 aliphatic rings. The summed E-state index contributed by atoms with van der Waals surface area (Å²) in [5.74, 6) is -1.30. The number of morpholine rings is 1. The zero-order chi connectivity index (χ0) is 18.2. The van der Waals surface area contributed by atoms with Crippen molar-refractivity contribution in [2.45, 2.75) is 31.1 Å². The van der Waals surface area contributed by atoms with E-state index in [9.17, 15) is 13.6 Å². The summed E-state index contributed by atoms with van der Waals surface area (Å²) in [5, 5.41) is 6.83. The number of benzene rings is 1. The van der Waals surface area contributed by atoms with E-state index in [0.717, 1.165) is 10.6 Å². The molecular weight excluding hydrogens is 342 g/mol. The Hall–Kier alpha value is -2.32.